The Morgan fingerprint density at radius 2 is 2.13 bits per heavy atom. The number of rotatable bonds is 7. The second-order valence-electron chi connectivity index (χ2n) is 5.14. The van der Waals surface area contributed by atoms with Gasteiger partial charge in [-0.2, -0.15) is 0 Å². The summed E-state index contributed by atoms with van der Waals surface area (Å²) in [6.07, 6.45) is 8.00. The van der Waals surface area contributed by atoms with Crippen LogP contribution in [0.25, 0.3) is 0 Å². The van der Waals surface area contributed by atoms with Gasteiger partial charge in [0.2, 0.25) is 0 Å². The van der Waals surface area contributed by atoms with Gasteiger partial charge in [-0.3, -0.25) is 0 Å². The first-order valence-corrected chi connectivity index (χ1v) is 6.71. The van der Waals surface area contributed by atoms with Gasteiger partial charge in [0, 0.05) is 18.1 Å². The van der Waals surface area contributed by atoms with Gasteiger partial charge in [0.25, 0.3) is 0 Å². The fourth-order valence-corrected chi connectivity index (χ4v) is 2.53. The van der Waals surface area contributed by atoms with Crippen molar-refractivity contribution in [2.75, 3.05) is 6.54 Å². The van der Waals surface area contributed by atoms with Crippen LogP contribution in [-0.2, 0) is 0 Å². The molecule has 15 heavy (non-hydrogen) atoms. The van der Waals surface area contributed by atoms with E-state index in [0.717, 1.165) is 6.04 Å². The molecule has 1 heterocycles. The third-order valence-electron chi connectivity index (χ3n) is 3.36. The van der Waals surface area contributed by atoms with E-state index in [9.17, 15) is 0 Å². The van der Waals surface area contributed by atoms with E-state index in [0.29, 0.717) is 12.1 Å². The van der Waals surface area contributed by atoms with Gasteiger partial charge in [-0.15, -0.1) is 0 Å². The van der Waals surface area contributed by atoms with Crippen molar-refractivity contribution in [1.29, 1.82) is 0 Å². The molecule has 0 aromatic rings. The summed E-state index contributed by atoms with van der Waals surface area (Å²) in [5.74, 6) is 0. The van der Waals surface area contributed by atoms with Crippen LogP contribution in [0.15, 0.2) is 0 Å². The summed E-state index contributed by atoms with van der Waals surface area (Å²) in [6, 6.07) is 2.11. The highest BCUT2D eigenvalue weighted by Gasteiger charge is 2.17. The second-order valence-corrected chi connectivity index (χ2v) is 5.14. The zero-order chi connectivity index (χ0) is 11.1. The third kappa shape index (κ3) is 5.53. The van der Waals surface area contributed by atoms with E-state index < -0.39 is 0 Å². The van der Waals surface area contributed by atoms with Crippen molar-refractivity contribution < 1.29 is 0 Å². The van der Waals surface area contributed by atoms with Crippen LogP contribution in [0.5, 0.6) is 0 Å². The monoisotopic (exact) mass is 212 g/mol. The highest BCUT2D eigenvalue weighted by Crippen LogP contribution is 2.11. The molecule has 0 radical (unpaired) electrons. The largest absolute Gasteiger partial charge is 0.314 e. The molecule has 0 saturated carbocycles. The Balaban J connectivity index is 2.08. The SMILES string of the molecule is CCCCC(C)NC(C)CC1CCCN1. The Kier molecular flexibility index (Phi) is 6.26. The molecule has 1 rings (SSSR count). The van der Waals surface area contributed by atoms with E-state index in [2.05, 4.69) is 31.4 Å². The molecule has 90 valence electrons. The normalized spacial score (nSPS) is 25.4. The Bertz CT molecular complexity index is 153. The predicted molar refractivity (Wildman–Crippen MR) is 67.2 cm³/mol. The van der Waals surface area contributed by atoms with Gasteiger partial charge in [0.05, 0.1) is 0 Å². The maximum absolute atomic E-state index is 3.70. The van der Waals surface area contributed by atoms with Crippen LogP contribution in [0, 0.1) is 0 Å². The fourth-order valence-electron chi connectivity index (χ4n) is 2.53. The summed E-state index contributed by atoms with van der Waals surface area (Å²) in [5.41, 5.74) is 0. The first kappa shape index (κ1) is 13.0. The zero-order valence-corrected chi connectivity index (χ0v) is 10.7. The topological polar surface area (TPSA) is 24.1 Å². The van der Waals surface area contributed by atoms with E-state index >= 15 is 0 Å². The summed E-state index contributed by atoms with van der Waals surface area (Å²) < 4.78 is 0. The van der Waals surface area contributed by atoms with Gasteiger partial charge in [-0.1, -0.05) is 19.8 Å². The first-order valence-electron chi connectivity index (χ1n) is 6.71. The van der Waals surface area contributed by atoms with Crippen LogP contribution in [-0.4, -0.2) is 24.7 Å². The fraction of sp³-hybridized carbons (Fsp3) is 1.00. The molecule has 3 atom stereocenters. The molecule has 2 heteroatoms. The van der Waals surface area contributed by atoms with Gasteiger partial charge < -0.3 is 10.6 Å². The van der Waals surface area contributed by atoms with Gasteiger partial charge in [0.15, 0.2) is 0 Å². The number of hydrogen-bond donors (Lipinski definition) is 2. The zero-order valence-electron chi connectivity index (χ0n) is 10.7. The van der Waals surface area contributed by atoms with Crippen molar-refractivity contribution in [3.05, 3.63) is 0 Å². The third-order valence-corrected chi connectivity index (χ3v) is 3.36. The molecule has 3 unspecified atom stereocenters. The van der Waals surface area contributed by atoms with Crippen LogP contribution in [0.1, 0.15) is 59.3 Å². The highest BCUT2D eigenvalue weighted by molar-refractivity contribution is 4.79. The number of hydrogen-bond acceptors (Lipinski definition) is 2. The smallest absolute Gasteiger partial charge is 0.00822 e. The summed E-state index contributed by atoms with van der Waals surface area (Å²) >= 11 is 0. The minimum atomic E-state index is 0.660. The van der Waals surface area contributed by atoms with Gasteiger partial charge >= 0.3 is 0 Å². The molecule has 1 aliphatic rings. The van der Waals surface area contributed by atoms with Crippen molar-refractivity contribution in [3.63, 3.8) is 0 Å². The summed E-state index contributed by atoms with van der Waals surface area (Å²) in [4.78, 5) is 0. The summed E-state index contributed by atoms with van der Waals surface area (Å²) in [7, 11) is 0. The molecular formula is C13H28N2. The van der Waals surface area contributed by atoms with Crippen LogP contribution in [0.4, 0.5) is 0 Å². The van der Waals surface area contributed by atoms with Crippen LogP contribution < -0.4 is 10.6 Å². The maximum atomic E-state index is 3.70. The lowest BCUT2D eigenvalue weighted by molar-refractivity contribution is 0.386. The van der Waals surface area contributed by atoms with E-state index in [4.69, 9.17) is 0 Å². The lowest BCUT2D eigenvalue weighted by Crippen LogP contribution is -2.38. The quantitative estimate of drug-likeness (QED) is 0.678. The highest BCUT2D eigenvalue weighted by atomic mass is 15.0. The standard InChI is InChI=1S/C13H28N2/c1-4-5-7-11(2)15-12(3)10-13-8-6-9-14-13/h11-15H,4-10H2,1-3H3. The van der Waals surface area contributed by atoms with E-state index in [1.54, 1.807) is 0 Å². The molecule has 1 aliphatic heterocycles. The van der Waals surface area contributed by atoms with E-state index in [1.165, 1.54) is 45.1 Å². The number of nitrogens with one attached hydrogen (secondary N) is 2. The van der Waals surface area contributed by atoms with Crippen molar-refractivity contribution in [2.45, 2.75) is 77.4 Å². The Morgan fingerprint density at radius 3 is 2.73 bits per heavy atom. The molecule has 2 nitrogen and oxygen atoms in total. The van der Waals surface area contributed by atoms with Crippen molar-refractivity contribution in [1.82, 2.24) is 10.6 Å². The van der Waals surface area contributed by atoms with Crippen molar-refractivity contribution in [3.8, 4) is 0 Å². The molecule has 0 bridgehead atoms. The summed E-state index contributed by atoms with van der Waals surface area (Å²) in [5, 5.41) is 7.27. The second kappa shape index (κ2) is 7.24. The molecule has 0 aliphatic carbocycles. The number of unbranched alkanes of at least 4 members (excludes halogenated alkanes) is 1. The van der Waals surface area contributed by atoms with Gasteiger partial charge in [-0.25, -0.2) is 0 Å². The van der Waals surface area contributed by atoms with Gasteiger partial charge in [0.1, 0.15) is 0 Å². The van der Waals surface area contributed by atoms with E-state index in [-0.39, 0.29) is 0 Å². The Morgan fingerprint density at radius 1 is 1.33 bits per heavy atom. The van der Waals surface area contributed by atoms with Crippen molar-refractivity contribution >= 4 is 0 Å². The average molecular weight is 212 g/mol. The molecule has 0 spiro atoms. The predicted octanol–water partition coefficient (Wildman–Crippen LogP) is 2.69. The molecule has 2 N–H and O–H groups in total. The van der Waals surface area contributed by atoms with Crippen LogP contribution in [0.2, 0.25) is 0 Å². The minimum absolute atomic E-state index is 0.660. The Labute approximate surface area is 95.2 Å². The van der Waals surface area contributed by atoms with E-state index in [1.807, 2.05) is 0 Å². The molecule has 0 aromatic carbocycles. The first-order chi connectivity index (χ1) is 7.22. The van der Waals surface area contributed by atoms with Crippen LogP contribution in [0.3, 0.4) is 0 Å². The summed E-state index contributed by atoms with van der Waals surface area (Å²) in [6.45, 7) is 8.12. The van der Waals surface area contributed by atoms with Gasteiger partial charge in [-0.05, 0) is 46.1 Å². The average Bonchev–Trinajstić information content (AvgIpc) is 2.67. The molecule has 1 fully saturated rings. The molecule has 0 aromatic heterocycles. The van der Waals surface area contributed by atoms with Crippen molar-refractivity contribution in [2.24, 2.45) is 0 Å². The minimum Gasteiger partial charge on any atom is -0.314 e. The lowest BCUT2D eigenvalue weighted by atomic mass is 10.0. The maximum Gasteiger partial charge on any atom is 0.00822 e. The molecule has 1 saturated heterocycles. The van der Waals surface area contributed by atoms with Crippen LogP contribution >= 0.6 is 0 Å². The molecular weight excluding hydrogens is 184 g/mol. The molecule has 0 amide bonds. The lowest BCUT2D eigenvalue weighted by Gasteiger charge is -2.22. The Hall–Kier alpha value is -0.0800.